The van der Waals surface area contributed by atoms with Crippen LogP contribution in [0.3, 0.4) is 0 Å². The molecule has 30 heavy (non-hydrogen) atoms. The topological polar surface area (TPSA) is 99.1 Å². The van der Waals surface area contributed by atoms with Crippen LogP contribution in [-0.2, 0) is 16.0 Å². The summed E-state index contributed by atoms with van der Waals surface area (Å²) in [6, 6.07) is 18.2. The van der Waals surface area contributed by atoms with Crippen molar-refractivity contribution in [2.45, 2.75) is 32.0 Å². The van der Waals surface area contributed by atoms with Gasteiger partial charge in [-0.2, -0.15) is 0 Å². The van der Waals surface area contributed by atoms with E-state index in [1.807, 2.05) is 30.3 Å². The number of hydroxylamine groups is 2. The summed E-state index contributed by atoms with van der Waals surface area (Å²) in [7, 11) is 0. The molecule has 2 aromatic rings. The van der Waals surface area contributed by atoms with E-state index in [1.165, 1.54) is 0 Å². The van der Waals surface area contributed by atoms with Crippen LogP contribution in [0.15, 0.2) is 60.7 Å². The van der Waals surface area contributed by atoms with E-state index in [2.05, 4.69) is 5.32 Å². The van der Waals surface area contributed by atoms with Gasteiger partial charge in [-0.15, -0.1) is 0 Å². The molecule has 1 aliphatic rings. The van der Waals surface area contributed by atoms with E-state index in [0.717, 1.165) is 5.56 Å². The maximum atomic E-state index is 12.4. The van der Waals surface area contributed by atoms with E-state index in [0.29, 0.717) is 23.5 Å². The summed E-state index contributed by atoms with van der Waals surface area (Å²) in [5, 5.41) is 24.4. The zero-order valence-electron chi connectivity index (χ0n) is 17.0. The van der Waals surface area contributed by atoms with Gasteiger partial charge in [0.15, 0.2) is 0 Å². The van der Waals surface area contributed by atoms with E-state index in [-0.39, 0.29) is 25.6 Å². The first-order valence-electron chi connectivity index (χ1n) is 10.1. The Kier molecular flexibility index (Phi) is 7.20. The number of benzene rings is 2. The summed E-state index contributed by atoms with van der Waals surface area (Å²) in [5.41, 5.74) is 0.598. The highest BCUT2D eigenvalue weighted by Crippen LogP contribution is 2.33. The Morgan fingerprint density at radius 1 is 1.13 bits per heavy atom. The number of hydrogen-bond donors (Lipinski definition) is 3. The van der Waals surface area contributed by atoms with E-state index in [1.54, 1.807) is 37.3 Å². The van der Waals surface area contributed by atoms with Crippen molar-refractivity contribution in [1.29, 1.82) is 0 Å². The lowest BCUT2D eigenvalue weighted by Crippen LogP contribution is -2.47. The Hall–Kier alpha value is -2.74. The molecule has 3 atom stereocenters. The van der Waals surface area contributed by atoms with Crippen LogP contribution in [-0.4, -0.2) is 59.1 Å². The molecule has 160 valence electrons. The van der Waals surface area contributed by atoms with Gasteiger partial charge in [-0.25, -0.2) is 5.06 Å². The highest BCUT2D eigenvalue weighted by molar-refractivity contribution is 5.93. The number of aliphatic hydroxyl groups is 1. The van der Waals surface area contributed by atoms with Crippen molar-refractivity contribution >= 4 is 11.8 Å². The van der Waals surface area contributed by atoms with Crippen molar-refractivity contribution in [1.82, 2.24) is 10.4 Å². The number of nitrogens with one attached hydrogen (secondary N) is 1. The second-order valence-electron chi connectivity index (χ2n) is 7.97. The molecule has 3 rings (SSSR count). The Bertz CT molecular complexity index is 845. The number of aliphatic hydroxyl groups excluding tert-OH is 1. The molecule has 3 N–H and O–H groups in total. The molecule has 7 nitrogen and oxygen atoms in total. The number of rotatable bonds is 8. The van der Waals surface area contributed by atoms with Crippen LogP contribution in [0.1, 0.15) is 29.3 Å². The van der Waals surface area contributed by atoms with Gasteiger partial charge in [0.2, 0.25) is 5.91 Å². The average Bonchev–Trinajstić information content (AvgIpc) is 3.05. The van der Waals surface area contributed by atoms with Crippen molar-refractivity contribution in [2.75, 3.05) is 19.7 Å². The van der Waals surface area contributed by atoms with Gasteiger partial charge in [0, 0.05) is 23.9 Å². The summed E-state index contributed by atoms with van der Waals surface area (Å²) in [6.45, 7) is 2.00. The summed E-state index contributed by atoms with van der Waals surface area (Å²) in [5.74, 6) is -0.659. The minimum atomic E-state index is -0.940. The molecule has 1 heterocycles. The van der Waals surface area contributed by atoms with Crippen LogP contribution >= 0.6 is 0 Å². The van der Waals surface area contributed by atoms with Gasteiger partial charge in [-0.05, 0) is 24.1 Å². The fourth-order valence-electron chi connectivity index (χ4n) is 3.58. The summed E-state index contributed by atoms with van der Waals surface area (Å²) < 4.78 is 5.67. The third-order valence-corrected chi connectivity index (χ3v) is 5.44. The Morgan fingerprint density at radius 3 is 2.43 bits per heavy atom. The number of nitrogens with zero attached hydrogens (tertiary/aromatic N) is 1. The predicted molar refractivity (Wildman–Crippen MR) is 111 cm³/mol. The number of amides is 2. The number of ether oxygens (including phenoxy) is 1. The molecule has 0 saturated carbocycles. The van der Waals surface area contributed by atoms with E-state index in [4.69, 9.17) is 4.74 Å². The smallest absolute Gasteiger partial charge is 0.277 e. The van der Waals surface area contributed by atoms with Crippen molar-refractivity contribution in [3.8, 4) is 0 Å². The fraction of sp³-hybridized carbons (Fsp3) is 0.391. The first kappa shape index (κ1) is 22.0. The molecular weight excluding hydrogens is 384 g/mol. The molecule has 2 amide bonds. The molecule has 0 radical (unpaired) electrons. The Balaban J connectivity index is 1.47. The van der Waals surface area contributed by atoms with Crippen LogP contribution in [0, 0.1) is 5.41 Å². The van der Waals surface area contributed by atoms with Crippen LogP contribution in [0.2, 0.25) is 0 Å². The van der Waals surface area contributed by atoms with E-state index >= 15 is 0 Å². The minimum Gasteiger partial charge on any atom is -0.390 e. The molecule has 0 unspecified atom stereocenters. The molecule has 2 aromatic carbocycles. The normalized spacial score (nSPS) is 23.2. The SMILES string of the molecule is C[C@@]1(CN(O)C(=O)c2ccccc2)CO[C@H](CNC(=O)CCc2ccccc2)[C@H]1O. The van der Waals surface area contributed by atoms with Crippen LogP contribution < -0.4 is 5.32 Å². The van der Waals surface area contributed by atoms with Crippen LogP contribution in [0.4, 0.5) is 0 Å². The predicted octanol–water partition coefficient (Wildman–Crippen LogP) is 2.03. The highest BCUT2D eigenvalue weighted by Gasteiger charge is 2.47. The first-order valence-corrected chi connectivity index (χ1v) is 10.1. The Labute approximate surface area is 176 Å². The minimum absolute atomic E-state index is 0.0830. The van der Waals surface area contributed by atoms with Gasteiger partial charge in [0.05, 0.1) is 19.3 Å². The van der Waals surface area contributed by atoms with Crippen LogP contribution in [0.5, 0.6) is 0 Å². The van der Waals surface area contributed by atoms with Crippen molar-refractivity contribution < 1.29 is 24.6 Å². The fourth-order valence-corrected chi connectivity index (χ4v) is 3.58. The molecule has 1 saturated heterocycles. The lowest BCUT2D eigenvalue weighted by atomic mass is 9.84. The summed E-state index contributed by atoms with van der Waals surface area (Å²) >= 11 is 0. The second kappa shape index (κ2) is 9.84. The largest absolute Gasteiger partial charge is 0.390 e. The lowest BCUT2D eigenvalue weighted by Gasteiger charge is -2.31. The second-order valence-corrected chi connectivity index (χ2v) is 7.97. The Morgan fingerprint density at radius 2 is 1.77 bits per heavy atom. The zero-order chi connectivity index (χ0) is 21.6. The number of hydrogen-bond acceptors (Lipinski definition) is 5. The van der Waals surface area contributed by atoms with Gasteiger partial charge < -0.3 is 15.2 Å². The number of carbonyl (C=O) groups excluding carboxylic acids is 2. The molecule has 7 heteroatoms. The molecule has 0 bridgehead atoms. The quantitative estimate of drug-likeness (QED) is 0.455. The van der Waals surface area contributed by atoms with E-state index < -0.39 is 23.5 Å². The molecule has 0 aliphatic carbocycles. The monoisotopic (exact) mass is 412 g/mol. The van der Waals surface area contributed by atoms with Gasteiger partial charge in [0.25, 0.3) is 5.91 Å². The maximum absolute atomic E-state index is 12.4. The number of aryl methyl sites for hydroxylation is 1. The van der Waals surface area contributed by atoms with Gasteiger partial charge in [-0.1, -0.05) is 55.5 Å². The zero-order valence-corrected chi connectivity index (χ0v) is 17.0. The third-order valence-electron chi connectivity index (χ3n) is 5.44. The van der Waals surface area contributed by atoms with Gasteiger partial charge in [0.1, 0.15) is 6.10 Å². The van der Waals surface area contributed by atoms with E-state index in [9.17, 15) is 19.9 Å². The van der Waals surface area contributed by atoms with Gasteiger partial charge in [-0.3, -0.25) is 14.8 Å². The van der Waals surface area contributed by atoms with Gasteiger partial charge >= 0.3 is 0 Å². The standard InChI is InChI=1S/C23H28N2O5/c1-23(15-25(29)22(28)18-10-6-3-7-11-18)16-30-19(21(23)27)14-24-20(26)13-12-17-8-4-2-5-9-17/h2-11,19,21,27,29H,12-16H2,1H3,(H,24,26)/t19-,21-,23-/m1/s1. The first-order chi connectivity index (χ1) is 14.4. The molecule has 0 spiro atoms. The molecular formula is C23H28N2O5. The summed E-state index contributed by atoms with van der Waals surface area (Å²) in [6.07, 6.45) is -0.555. The van der Waals surface area contributed by atoms with Crippen molar-refractivity contribution in [3.63, 3.8) is 0 Å². The number of carbonyl (C=O) groups is 2. The van der Waals surface area contributed by atoms with Crippen molar-refractivity contribution in [2.24, 2.45) is 5.41 Å². The third kappa shape index (κ3) is 5.44. The molecule has 1 aliphatic heterocycles. The molecule has 0 aromatic heterocycles. The average molecular weight is 412 g/mol. The molecule has 1 fully saturated rings. The van der Waals surface area contributed by atoms with Crippen molar-refractivity contribution in [3.05, 3.63) is 71.8 Å². The van der Waals surface area contributed by atoms with Crippen LogP contribution in [0.25, 0.3) is 0 Å². The lowest BCUT2D eigenvalue weighted by molar-refractivity contribution is -0.121. The highest BCUT2D eigenvalue weighted by atomic mass is 16.5. The maximum Gasteiger partial charge on any atom is 0.277 e. The summed E-state index contributed by atoms with van der Waals surface area (Å²) in [4.78, 5) is 24.5.